The summed E-state index contributed by atoms with van der Waals surface area (Å²) in [6.45, 7) is 4.06. The van der Waals surface area contributed by atoms with Gasteiger partial charge < -0.3 is 53.0 Å². The maximum Gasteiger partial charge on any atom is 0.227 e. The predicted octanol–water partition coefficient (Wildman–Crippen LogP) is 11.7. The molecule has 0 atom stereocenters. The Morgan fingerprint density at radius 2 is 1.05 bits per heavy atom. The van der Waals surface area contributed by atoms with E-state index in [-0.39, 0.29) is 11.9 Å². The fraction of sp³-hybridized carbons (Fsp3) is 0.450. The molecule has 7 aromatic rings. The summed E-state index contributed by atoms with van der Waals surface area (Å²) in [6.07, 6.45) is 20.6. The molecule has 15 nitrogen and oxygen atoms in total. The summed E-state index contributed by atoms with van der Waals surface area (Å²) < 4.78 is 2.27. The average Bonchev–Trinajstić information content (AvgIpc) is 4.32. The Hall–Kier alpha value is -6.36. The molecule has 4 aliphatic carbocycles. The molecule has 0 spiro atoms. The van der Waals surface area contributed by atoms with Gasteiger partial charge in [0.15, 0.2) is 28.6 Å². The molecule has 5 aliphatic rings. The van der Waals surface area contributed by atoms with Crippen LogP contribution in [0.3, 0.4) is 0 Å². The number of nitrogens with one attached hydrogen (secondary N) is 4. The van der Waals surface area contributed by atoms with Crippen LogP contribution in [-0.4, -0.2) is 78.1 Å². The van der Waals surface area contributed by atoms with E-state index in [2.05, 4.69) is 138 Å². The topological polar surface area (TPSA) is 219 Å². The smallest absolute Gasteiger partial charge is 0.227 e. The molecule has 12 rings (SSSR count). The number of benzene rings is 4. The quantitative estimate of drug-likeness (QED) is 0.0534. The third-order valence-corrected chi connectivity index (χ3v) is 15.6. The summed E-state index contributed by atoms with van der Waals surface area (Å²) in [5, 5.41) is 21.9. The molecule has 0 saturated heterocycles. The number of rotatable bonds is 12. The van der Waals surface area contributed by atoms with E-state index in [1.165, 1.54) is 84.7 Å². The van der Waals surface area contributed by atoms with Gasteiger partial charge in [-0.1, -0.05) is 135 Å². The number of hydrogen-bond donors (Lipinski definition) is 8. The SMILES string of the molecule is CCO.Clc1nc(NCc2ccc(-c3ccccc3)cc2)c2c(n1)N(C1CCCC1)CN2.NC1CCC(N)CC1.NC1CCC(Nc2nc(NCc3ccc(-c4ccccc4)cc3)c3ncn(C4CCCC4)c3n2)CC1. The van der Waals surface area contributed by atoms with E-state index in [1.807, 2.05) is 18.5 Å². The number of aliphatic hydroxyl groups excluding tert-OH is 1. The van der Waals surface area contributed by atoms with Crippen molar-refractivity contribution in [3.8, 4) is 22.3 Å². The predicted molar refractivity (Wildman–Crippen MR) is 313 cm³/mol. The third-order valence-electron chi connectivity index (χ3n) is 15.4. The van der Waals surface area contributed by atoms with Crippen molar-refractivity contribution in [1.29, 1.82) is 0 Å². The van der Waals surface area contributed by atoms with Crippen LogP contribution in [0.1, 0.15) is 127 Å². The van der Waals surface area contributed by atoms with E-state index in [0.717, 1.165) is 92.3 Å². The van der Waals surface area contributed by atoms with Crippen molar-refractivity contribution < 1.29 is 5.11 Å². The first-order chi connectivity index (χ1) is 37.2. The second-order valence-electron chi connectivity index (χ2n) is 21.0. The molecule has 0 radical (unpaired) electrons. The fourth-order valence-corrected chi connectivity index (χ4v) is 11.3. The highest BCUT2D eigenvalue weighted by atomic mass is 35.5. The molecular formula is C60H79ClN14O. The van der Waals surface area contributed by atoms with Crippen molar-refractivity contribution in [1.82, 2.24) is 29.5 Å². The van der Waals surface area contributed by atoms with Gasteiger partial charge in [0.1, 0.15) is 5.69 Å². The molecule has 76 heavy (non-hydrogen) atoms. The Bertz CT molecular complexity index is 2830. The van der Waals surface area contributed by atoms with Crippen LogP contribution < -0.4 is 43.4 Å². The lowest BCUT2D eigenvalue weighted by molar-refractivity contribution is 0.318. The summed E-state index contributed by atoms with van der Waals surface area (Å²) in [5.41, 5.74) is 27.4. The largest absolute Gasteiger partial charge is 0.397 e. The van der Waals surface area contributed by atoms with E-state index < -0.39 is 0 Å². The summed E-state index contributed by atoms with van der Waals surface area (Å²) in [4.78, 5) is 25.9. The molecule has 4 saturated carbocycles. The van der Waals surface area contributed by atoms with Gasteiger partial charge in [0.05, 0.1) is 13.0 Å². The van der Waals surface area contributed by atoms with Crippen molar-refractivity contribution in [2.45, 2.75) is 159 Å². The highest BCUT2D eigenvalue weighted by Crippen LogP contribution is 2.40. The number of aromatic nitrogens is 6. The highest BCUT2D eigenvalue weighted by Gasteiger charge is 2.32. The summed E-state index contributed by atoms with van der Waals surface area (Å²) in [6, 6.07) is 40.8. The van der Waals surface area contributed by atoms with Crippen molar-refractivity contribution in [3.05, 3.63) is 132 Å². The van der Waals surface area contributed by atoms with Crippen LogP contribution in [0.2, 0.25) is 5.28 Å². The lowest BCUT2D eigenvalue weighted by atomic mass is 9.92. The van der Waals surface area contributed by atoms with Gasteiger partial charge in [0.25, 0.3) is 0 Å². The lowest BCUT2D eigenvalue weighted by Crippen LogP contribution is -2.33. The van der Waals surface area contributed by atoms with Gasteiger partial charge in [0.2, 0.25) is 11.2 Å². The Kier molecular flexibility index (Phi) is 19.4. The maximum absolute atomic E-state index is 7.57. The van der Waals surface area contributed by atoms with Crippen LogP contribution in [0.4, 0.5) is 29.1 Å². The minimum Gasteiger partial charge on any atom is -0.397 e. The van der Waals surface area contributed by atoms with Crippen molar-refractivity contribution in [3.63, 3.8) is 0 Å². The van der Waals surface area contributed by atoms with Gasteiger partial charge in [-0.15, -0.1) is 0 Å². The number of fused-ring (bicyclic) bond motifs is 2. The van der Waals surface area contributed by atoms with Gasteiger partial charge in [-0.2, -0.15) is 19.9 Å². The summed E-state index contributed by atoms with van der Waals surface area (Å²) in [5.74, 6) is 3.18. The minimum absolute atomic E-state index is 0.250. The number of hydrogen-bond acceptors (Lipinski definition) is 14. The molecule has 4 heterocycles. The monoisotopic (exact) mass is 1050 g/mol. The van der Waals surface area contributed by atoms with Crippen molar-refractivity contribution in [2.24, 2.45) is 17.2 Å². The van der Waals surface area contributed by atoms with Gasteiger partial charge >= 0.3 is 0 Å². The normalized spacial score (nSPS) is 20.3. The van der Waals surface area contributed by atoms with Crippen LogP contribution in [0.15, 0.2) is 116 Å². The Labute approximate surface area is 454 Å². The van der Waals surface area contributed by atoms with Crippen molar-refractivity contribution >= 4 is 51.9 Å². The molecule has 3 aromatic heterocycles. The zero-order valence-electron chi connectivity index (χ0n) is 44.3. The number of nitrogens with two attached hydrogens (primary N) is 3. The molecule has 4 fully saturated rings. The Morgan fingerprint density at radius 3 is 1.58 bits per heavy atom. The van der Waals surface area contributed by atoms with E-state index in [9.17, 15) is 0 Å². The molecule has 402 valence electrons. The number of aliphatic hydroxyl groups is 1. The maximum atomic E-state index is 7.57. The van der Waals surface area contributed by atoms with Crippen LogP contribution in [0.5, 0.6) is 0 Å². The number of anilines is 5. The van der Waals surface area contributed by atoms with E-state index in [1.54, 1.807) is 6.92 Å². The third kappa shape index (κ3) is 14.6. The fourth-order valence-electron chi connectivity index (χ4n) is 11.1. The number of halogens is 1. The zero-order valence-corrected chi connectivity index (χ0v) is 45.0. The van der Waals surface area contributed by atoms with Crippen LogP contribution in [0.25, 0.3) is 33.4 Å². The minimum atomic E-state index is 0.250. The van der Waals surface area contributed by atoms with Crippen molar-refractivity contribution in [2.75, 3.05) is 39.4 Å². The number of imidazole rings is 1. The standard InChI is InChI=1S/C29H35N7.C23H24ClN5.C6H14N2.C2H6O/c30-23-14-16-24(17-15-23)33-29-34-27(26-28(35-29)36(19-32-26)25-8-4-5-9-25)31-18-20-10-12-22(13-11-20)21-6-2-1-3-7-21;24-23-27-21(20-22(28-23)29(15-26-20)19-8-4-5-9-19)25-14-16-10-12-18(13-11-16)17-6-2-1-3-7-17;7-5-1-2-6(8)4-3-5;1-2-3/h1-3,6-7,10-13,19,23-25H,4-5,8-9,14-18,30H2,(H2,31,33,34,35);1-3,6-7,10-13,19,26H,4-5,8-9,14-15H2,(H,25,27,28);5-6H,1-4,7-8H2;3H,2H2,1H3. The molecule has 0 bridgehead atoms. The second-order valence-corrected chi connectivity index (χ2v) is 21.4. The van der Waals surface area contributed by atoms with Crippen LogP contribution in [-0.2, 0) is 13.1 Å². The average molecular weight is 1050 g/mol. The van der Waals surface area contributed by atoms with Gasteiger partial charge in [-0.25, -0.2) is 4.98 Å². The molecule has 11 N–H and O–H groups in total. The molecule has 0 unspecified atom stereocenters. The first-order valence-corrected chi connectivity index (χ1v) is 28.3. The molecule has 0 amide bonds. The lowest BCUT2D eigenvalue weighted by Gasteiger charge is -2.27. The Morgan fingerprint density at radius 1 is 0.579 bits per heavy atom. The van der Waals surface area contributed by atoms with Crippen LogP contribution >= 0.6 is 11.6 Å². The summed E-state index contributed by atoms with van der Waals surface area (Å²) in [7, 11) is 0. The first-order valence-electron chi connectivity index (χ1n) is 27.9. The van der Waals surface area contributed by atoms with Gasteiger partial charge in [-0.05, 0) is 129 Å². The van der Waals surface area contributed by atoms with E-state index in [0.29, 0.717) is 55.3 Å². The molecular weight excluding hydrogens is 968 g/mol. The second kappa shape index (κ2) is 27.1. The summed E-state index contributed by atoms with van der Waals surface area (Å²) >= 11 is 6.25. The molecule has 4 aromatic carbocycles. The molecule has 1 aliphatic heterocycles. The van der Waals surface area contributed by atoms with E-state index in [4.69, 9.17) is 48.9 Å². The van der Waals surface area contributed by atoms with Gasteiger partial charge in [0, 0.05) is 55.9 Å². The van der Waals surface area contributed by atoms with Gasteiger partial charge in [-0.3, -0.25) is 0 Å². The number of nitrogens with zero attached hydrogens (tertiary/aromatic N) is 7. The zero-order chi connectivity index (χ0) is 52.6. The van der Waals surface area contributed by atoms with E-state index >= 15 is 0 Å². The van der Waals surface area contributed by atoms with Crippen LogP contribution in [0, 0.1) is 0 Å². The highest BCUT2D eigenvalue weighted by molar-refractivity contribution is 6.28. The molecule has 16 heteroatoms. The first kappa shape index (κ1) is 54.4. The Balaban J connectivity index is 0.000000157.